The van der Waals surface area contributed by atoms with E-state index in [0.717, 1.165) is 18.4 Å². The second-order valence-electron chi connectivity index (χ2n) is 3.94. The first kappa shape index (κ1) is 11.2. The largest absolute Gasteiger partial charge is 0.349 e. The molecule has 16 heavy (non-hydrogen) atoms. The molecule has 1 aromatic carbocycles. The summed E-state index contributed by atoms with van der Waals surface area (Å²) in [4.78, 5) is 11.8. The summed E-state index contributed by atoms with van der Waals surface area (Å²) in [6.45, 7) is 0. The van der Waals surface area contributed by atoms with Crippen molar-refractivity contribution in [1.29, 1.82) is 0 Å². The Morgan fingerprint density at radius 1 is 1.25 bits per heavy atom. The number of carbonyl (C=O) groups excluding carboxylic acids is 1. The van der Waals surface area contributed by atoms with Crippen molar-refractivity contribution in [2.75, 3.05) is 0 Å². The second-order valence-corrected chi connectivity index (χ2v) is 4.21. The zero-order chi connectivity index (χ0) is 11.4. The molecule has 0 saturated heterocycles. The van der Waals surface area contributed by atoms with Crippen LogP contribution >= 0.6 is 11.6 Å². The van der Waals surface area contributed by atoms with Gasteiger partial charge < -0.3 is 5.32 Å². The van der Waals surface area contributed by atoms with Crippen LogP contribution in [0, 0.1) is 0 Å². The van der Waals surface area contributed by atoms with Crippen LogP contribution in [0.15, 0.2) is 36.4 Å². The summed E-state index contributed by atoms with van der Waals surface area (Å²) in [5, 5.41) is 3.00. The predicted octanol–water partition coefficient (Wildman–Crippen LogP) is 2.87. The molecule has 1 N–H and O–H groups in total. The van der Waals surface area contributed by atoms with E-state index in [4.69, 9.17) is 11.6 Å². The fourth-order valence-electron chi connectivity index (χ4n) is 1.75. The first-order valence-corrected chi connectivity index (χ1v) is 5.94. The van der Waals surface area contributed by atoms with E-state index < -0.39 is 0 Å². The lowest BCUT2D eigenvalue weighted by atomic mass is 10.1. The molecule has 1 aliphatic carbocycles. The highest BCUT2D eigenvalue weighted by molar-refractivity contribution is 6.17. The monoisotopic (exact) mass is 235 g/mol. The van der Waals surface area contributed by atoms with Gasteiger partial charge >= 0.3 is 0 Å². The van der Waals surface area contributed by atoms with Crippen LogP contribution in [0.25, 0.3) is 0 Å². The molecule has 0 radical (unpaired) electrons. The van der Waals surface area contributed by atoms with Crippen molar-refractivity contribution in [3.63, 3.8) is 0 Å². The molecule has 0 bridgehead atoms. The molecule has 0 atom stereocenters. The molecule has 0 saturated carbocycles. The number of rotatable bonds is 3. The maximum atomic E-state index is 11.8. The zero-order valence-electron chi connectivity index (χ0n) is 8.95. The van der Waals surface area contributed by atoms with E-state index in [1.807, 2.05) is 24.3 Å². The van der Waals surface area contributed by atoms with Crippen molar-refractivity contribution >= 4 is 17.5 Å². The van der Waals surface area contributed by atoms with Gasteiger partial charge in [0.1, 0.15) is 0 Å². The third-order valence-corrected chi connectivity index (χ3v) is 3.02. The lowest BCUT2D eigenvalue weighted by molar-refractivity contribution is 0.0939. The molecule has 0 unspecified atom stereocenters. The fraction of sp³-hybridized carbons (Fsp3) is 0.308. The summed E-state index contributed by atoms with van der Waals surface area (Å²) in [6, 6.07) is 7.66. The summed E-state index contributed by atoms with van der Waals surface area (Å²) < 4.78 is 0. The van der Waals surface area contributed by atoms with Crippen molar-refractivity contribution in [1.82, 2.24) is 5.32 Å². The minimum Gasteiger partial charge on any atom is -0.349 e. The van der Waals surface area contributed by atoms with Gasteiger partial charge in [0.25, 0.3) is 5.91 Å². The average Bonchev–Trinajstić information content (AvgIpc) is 2.82. The smallest absolute Gasteiger partial charge is 0.251 e. The molecule has 0 fully saturated rings. The first-order chi connectivity index (χ1) is 7.79. The number of amides is 1. The number of alkyl halides is 1. The van der Waals surface area contributed by atoms with Crippen LogP contribution in [0.2, 0.25) is 0 Å². The van der Waals surface area contributed by atoms with E-state index in [9.17, 15) is 4.79 Å². The molecule has 0 aliphatic heterocycles. The van der Waals surface area contributed by atoms with Gasteiger partial charge in [-0.3, -0.25) is 4.79 Å². The van der Waals surface area contributed by atoms with Crippen molar-refractivity contribution in [2.24, 2.45) is 0 Å². The normalized spacial score (nSPS) is 15.3. The Morgan fingerprint density at radius 2 is 1.88 bits per heavy atom. The highest BCUT2D eigenvalue weighted by Crippen LogP contribution is 2.11. The molecular formula is C13H14ClNO. The van der Waals surface area contributed by atoms with E-state index in [0.29, 0.717) is 11.4 Å². The van der Waals surface area contributed by atoms with Gasteiger partial charge in [0.2, 0.25) is 0 Å². The van der Waals surface area contributed by atoms with Gasteiger partial charge in [-0.1, -0.05) is 24.3 Å². The van der Waals surface area contributed by atoms with Crippen LogP contribution in [0.3, 0.4) is 0 Å². The van der Waals surface area contributed by atoms with Crippen molar-refractivity contribution in [2.45, 2.75) is 24.8 Å². The Morgan fingerprint density at radius 3 is 2.44 bits per heavy atom. The third kappa shape index (κ3) is 2.64. The summed E-state index contributed by atoms with van der Waals surface area (Å²) in [5.41, 5.74) is 1.72. The van der Waals surface area contributed by atoms with Gasteiger partial charge in [0, 0.05) is 17.5 Å². The first-order valence-electron chi connectivity index (χ1n) is 5.40. The number of halogens is 1. The molecule has 2 nitrogen and oxygen atoms in total. The zero-order valence-corrected chi connectivity index (χ0v) is 9.70. The molecule has 1 aliphatic rings. The molecule has 0 spiro atoms. The van der Waals surface area contributed by atoms with Crippen LogP contribution < -0.4 is 5.32 Å². The van der Waals surface area contributed by atoms with Crippen LogP contribution in [0.4, 0.5) is 0 Å². The maximum Gasteiger partial charge on any atom is 0.251 e. The lowest BCUT2D eigenvalue weighted by Crippen LogP contribution is -2.32. The van der Waals surface area contributed by atoms with Crippen molar-refractivity contribution in [3.05, 3.63) is 47.5 Å². The SMILES string of the molecule is O=C(NC1CC=CC1)c1ccc(CCl)cc1. The molecule has 1 amide bonds. The standard InChI is InChI=1S/C13H14ClNO/c14-9-10-5-7-11(8-6-10)13(16)15-12-3-1-2-4-12/h1-2,5-8,12H,3-4,9H2,(H,15,16). The predicted molar refractivity (Wildman–Crippen MR) is 65.6 cm³/mol. The van der Waals surface area contributed by atoms with Crippen LogP contribution in [-0.2, 0) is 5.88 Å². The van der Waals surface area contributed by atoms with E-state index >= 15 is 0 Å². The number of hydrogen-bond acceptors (Lipinski definition) is 1. The van der Waals surface area contributed by atoms with Gasteiger partial charge in [0.05, 0.1) is 0 Å². The fourth-order valence-corrected chi connectivity index (χ4v) is 1.93. The topological polar surface area (TPSA) is 29.1 Å². The van der Waals surface area contributed by atoms with E-state index in [-0.39, 0.29) is 11.9 Å². The molecule has 3 heteroatoms. The Kier molecular flexibility index (Phi) is 3.62. The molecular weight excluding hydrogens is 222 g/mol. The van der Waals surface area contributed by atoms with E-state index in [2.05, 4.69) is 17.5 Å². The van der Waals surface area contributed by atoms with Gasteiger partial charge in [-0.2, -0.15) is 0 Å². The Bertz CT molecular complexity index is 389. The Hall–Kier alpha value is -1.28. The van der Waals surface area contributed by atoms with Gasteiger partial charge in [-0.05, 0) is 30.5 Å². The summed E-state index contributed by atoms with van der Waals surface area (Å²) in [5.74, 6) is 0.476. The highest BCUT2D eigenvalue weighted by atomic mass is 35.5. The number of carbonyl (C=O) groups is 1. The molecule has 0 heterocycles. The summed E-state index contributed by atoms with van der Waals surface area (Å²) >= 11 is 5.69. The average molecular weight is 236 g/mol. The van der Waals surface area contributed by atoms with Crippen molar-refractivity contribution < 1.29 is 4.79 Å². The lowest BCUT2D eigenvalue weighted by Gasteiger charge is -2.11. The van der Waals surface area contributed by atoms with Gasteiger partial charge in [0.15, 0.2) is 0 Å². The molecule has 2 rings (SSSR count). The van der Waals surface area contributed by atoms with Crippen LogP contribution in [0.5, 0.6) is 0 Å². The second kappa shape index (κ2) is 5.17. The van der Waals surface area contributed by atoms with E-state index in [1.165, 1.54) is 0 Å². The number of nitrogens with one attached hydrogen (secondary N) is 1. The minimum absolute atomic E-state index is 0.00479. The van der Waals surface area contributed by atoms with Crippen LogP contribution in [-0.4, -0.2) is 11.9 Å². The minimum atomic E-state index is -0.00479. The Labute approximate surface area is 100 Å². The van der Waals surface area contributed by atoms with Crippen LogP contribution in [0.1, 0.15) is 28.8 Å². The highest BCUT2D eigenvalue weighted by Gasteiger charge is 2.14. The van der Waals surface area contributed by atoms with Crippen molar-refractivity contribution in [3.8, 4) is 0 Å². The van der Waals surface area contributed by atoms with Gasteiger partial charge in [-0.25, -0.2) is 0 Å². The molecule has 1 aromatic rings. The Balaban J connectivity index is 1.97. The quantitative estimate of drug-likeness (QED) is 0.634. The third-order valence-electron chi connectivity index (χ3n) is 2.71. The summed E-state index contributed by atoms with van der Waals surface area (Å²) in [6.07, 6.45) is 6.07. The van der Waals surface area contributed by atoms with E-state index in [1.54, 1.807) is 0 Å². The number of benzene rings is 1. The maximum absolute atomic E-state index is 11.8. The van der Waals surface area contributed by atoms with Gasteiger partial charge in [-0.15, -0.1) is 11.6 Å². The molecule has 84 valence electrons. The number of hydrogen-bond donors (Lipinski definition) is 1. The molecule has 0 aromatic heterocycles. The summed E-state index contributed by atoms with van der Waals surface area (Å²) in [7, 11) is 0.